The van der Waals surface area contributed by atoms with E-state index in [1.54, 1.807) is 0 Å². The maximum Gasteiger partial charge on any atom is 0.303 e. The van der Waals surface area contributed by atoms with Gasteiger partial charge in [-0.15, -0.1) is 0 Å². The highest BCUT2D eigenvalue weighted by Crippen LogP contribution is 2.11. The monoisotopic (exact) mass is 324 g/mol. The van der Waals surface area contributed by atoms with E-state index in [4.69, 9.17) is 9.66 Å². The van der Waals surface area contributed by atoms with Crippen molar-refractivity contribution < 1.29 is 22.9 Å². The van der Waals surface area contributed by atoms with Crippen molar-refractivity contribution in [2.45, 2.75) is 84.0 Å². The molecule has 0 heterocycles. The van der Waals surface area contributed by atoms with Crippen LogP contribution in [0.5, 0.6) is 0 Å². The van der Waals surface area contributed by atoms with Crippen LogP contribution in [0, 0.1) is 0 Å². The van der Waals surface area contributed by atoms with Crippen LogP contribution in [-0.2, 0) is 14.9 Å². The van der Waals surface area contributed by atoms with Crippen LogP contribution in [0.2, 0.25) is 0 Å². The molecule has 0 atom stereocenters. The summed E-state index contributed by atoms with van der Waals surface area (Å²) in [5, 5.41) is 8.46. The normalized spacial score (nSPS) is 10.8. The van der Waals surface area contributed by atoms with E-state index in [0.29, 0.717) is 12.7 Å². The summed E-state index contributed by atoms with van der Waals surface area (Å²) in [6.07, 6.45) is 15.1. The number of hydrogen-bond donors (Lipinski definition) is 2. The van der Waals surface area contributed by atoms with E-state index < -0.39 is 16.1 Å². The predicted molar refractivity (Wildman–Crippen MR) is 86.2 cm³/mol. The lowest BCUT2D eigenvalue weighted by Gasteiger charge is -2.01. The van der Waals surface area contributed by atoms with E-state index in [-0.39, 0.29) is 0 Å². The van der Waals surface area contributed by atoms with E-state index in [2.05, 4.69) is 6.92 Å². The zero-order chi connectivity index (χ0) is 16.6. The van der Waals surface area contributed by atoms with Crippen molar-refractivity contribution in [3.63, 3.8) is 0 Å². The molecule has 0 aromatic carbocycles. The second-order valence-electron chi connectivity index (χ2n) is 5.41. The fourth-order valence-electron chi connectivity index (χ4n) is 1.94. The summed E-state index contributed by atoms with van der Waals surface area (Å²) in [6, 6.07) is 0. The van der Waals surface area contributed by atoms with Crippen LogP contribution in [0.25, 0.3) is 0 Å². The van der Waals surface area contributed by atoms with Gasteiger partial charge in [0.2, 0.25) is 0 Å². The Labute approximate surface area is 129 Å². The van der Waals surface area contributed by atoms with Gasteiger partial charge in [-0.05, 0) is 6.42 Å². The number of carbonyl (C=O) groups is 1. The number of rotatable bonds is 12. The van der Waals surface area contributed by atoms with Crippen LogP contribution in [0.15, 0.2) is 0 Å². The highest BCUT2D eigenvalue weighted by molar-refractivity contribution is 7.85. The number of carboxylic acid groups (broad SMARTS) is 1. The molecule has 0 spiro atoms. The Bertz CT molecular complexity index is 317. The average Bonchev–Trinajstić information content (AvgIpc) is 2.33. The molecule has 6 heteroatoms. The van der Waals surface area contributed by atoms with Crippen molar-refractivity contribution in [3.8, 4) is 0 Å². The summed E-state index contributed by atoms with van der Waals surface area (Å²) in [7, 11) is -3.67. The van der Waals surface area contributed by atoms with Gasteiger partial charge in [0, 0.05) is 6.42 Å². The highest BCUT2D eigenvalue weighted by atomic mass is 32.2. The van der Waals surface area contributed by atoms with Crippen molar-refractivity contribution in [1.29, 1.82) is 0 Å². The number of aliphatic carboxylic acids is 1. The number of unbranched alkanes of at least 4 members (excludes halogenated alkanes) is 10. The number of hydrogen-bond acceptors (Lipinski definition) is 3. The molecule has 0 aromatic rings. The minimum Gasteiger partial charge on any atom is -0.481 e. The van der Waals surface area contributed by atoms with Crippen LogP contribution in [-0.4, -0.2) is 30.3 Å². The molecule has 0 aliphatic rings. The SMILES string of the molecule is CCCCCCCCCCCCCC(=O)O.CS(=O)(=O)O. The van der Waals surface area contributed by atoms with Crippen molar-refractivity contribution in [2.24, 2.45) is 0 Å². The topological polar surface area (TPSA) is 91.7 Å². The van der Waals surface area contributed by atoms with Gasteiger partial charge in [-0.2, -0.15) is 8.42 Å². The van der Waals surface area contributed by atoms with Crippen LogP contribution >= 0.6 is 0 Å². The standard InChI is InChI=1S/C14H28O2.CH4O3S/c1-2-3-4-5-6-7-8-9-10-11-12-13-14(15)16;1-5(2,3)4/h2-13H2,1H3,(H,15,16);1H3,(H,2,3,4). The quantitative estimate of drug-likeness (QED) is 0.413. The summed E-state index contributed by atoms with van der Waals surface area (Å²) in [4.78, 5) is 10.3. The zero-order valence-corrected chi connectivity index (χ0v) is 14.3. The second kappa shape index (κ2) is 15.8. The third-order valence-electron chi connectivity index (χ3n) is 2.99. The smallest absolute Gasteiger partial charge is 0.303 e. The lowest BCUT2D eigenvalue weighted by Crippen LogP contribution is -1.93. The minimum atomic E-state index is -3.67. The zero-order valence-electron chi connectivity index (χ0n) is 13.5. The minimum absolute atomic E-state index is 0.344. The fraction of sp³-hybridized carbons (Fsp3) is 0.933. The van der Waals surface area contributed by atoms with E-state index >= 15 is 0 Å². The average molecular weight is 324 g/mol. The summed E-state index contributed by atoms with van der Waals surface area (Å²) >= 11 is 0. The van der Waals surface area contributed by atoms with E-state index in [9.17, 15) is 13.2 Å². The first-order valence-electron chi connectivity index (χ1n) is 7.91. The van der Waals surface area contributed by atoms with E-state index in [1.165, 1.54) is 57.8 Å². The molecular weight excluding hydrogens is 292 g/mol. The molecule has 21 heavy (non-hydrogen) atoms. The largest absolute Gasteiger partial charge is 0.481 e. The van der Waals surface area contributed by atoms with E-state index in [0.717, 1.165) is 12.8 Å². The lowest BCUT2D eigenvalue weighted by atomic mass is 10.1. The predicted octanol–water partition coefficient (Wildman–Crippen LogP) is 4.28. The first-order chi connectivity index (χ1) is 9.77. The van der Waals surface area contributed by atoms with Gasteiger partial charge in [0.1, 0.15) is 0 Å². The summed E-state index contributed by atoms with van der Waals surface area (Å²) in [5.74, 6) is -0.657. The molecule has 0 bridgehead atoms. The Balaban J connectivity index is 0. The Morgan fingerprint density at radius 3 is 1.38 bits per heavy atom. The van der Waals surface area contributed by atoms with Crippen molar-refractivity contribution in [1.82, 2.24) is 0 Å². The summed E-state index contributed by atoms with van der Waals surface area (Å²) < 4.78 is 25.9. The molecule has 0 aliphatic carbocycles. The van der Waals surface area contributed by atoms with Crippen LogP contribution < -0.4 is 0 Å². The second-order valence-corrected chi connectivity index (χ2v) is 6.88. The van der Waals surface area contributed by atoms with Crippen LogP contribution in [0.1, 0.15) is 84.0 Å². The summed E-state index contributed by atoms with van der Waals surface area (Å²) in [6.45, 7) is 2.25. The maximum absolute atomic E-state index is 10.3. The Hall–Kier alpha value is -0.620. The molecule has 0 rings (SSSR count). The third kappa shape index (κ3) is 38.2. The van der Waals surface area contributed by atoms with Gasteiger partial charge in [0.15, 0.2) is 0 Å². The van der Waals surface area contributed by atoms with Gasteiger partial charge in [-0.1, -0.05) is 71.1 Å². The molecule has 0 amide bonds. The number of carboxylic acids is 1. The van der Waals surface area contributed by atoms with Crippen molar-refractivity contribution in [2.75, 3.05) is 6.26 Å². The maximum atomic E-state index is 10.3. The van der Waals surface area contributed by atoms with Crippen LogP contribution in [0.4, 0.5) is 0 Å². The lowest BCUT2D eigenvalue weighted by molar-refractivity contribution is -0.137. The van der Waals surface area contributed by atoms with Crippen molar-refractivity contribution in [3.05, 3.63) is 0 Å². The Morgan fingerprint density at radius 1 is 0.810 bits per heavy atom. The van der Waals surface area contributed by atoms with Gasteiger partial charge in [0.05, 0.1) is 6.26 Å². The third-order valence-corrected chi connectivity index (χ3v) is 2.99. The Kier molecular flexibility index (Phi) is 17.0. The highest BCUT2D eigenvalue weighted by Gasteiger charge is 1.96. The van der Waals surface area contributed by atoms with Gasteiger partial charge < -0.3 is 5.11 Å². The molecule has 5 nitrogen and oxygen atoms in total. The molecule has 0 aliphatic heterocycles. The molecule has 0 saturated heterocycles. The van der Waals surface area contributed by atoms with Gasteiger partial charge >= 0.3 is 5.97 Å². The van der Waals surface area contributed by atoms with Gasteiger partial charge in [-0.25, -0.2) is 0 Å². The molecule has 128 valence electrons. The van der Waals surface area contributed by atoms with Gasteiger partial charge in [0.25, 0.3) is 10.1 Å². The first-order valence-corrected chi connectivity index (χ1v) is 9.76. The van der Waals surface area contributed by atoms with E-state index in [1.807, 2.05) is 0 Å². The molecule has 0 unspecified atom stereocenters. The summed E-state index contributed by atoms with van der Waals surface area (Å²) in [5.41, 5.74) is 0. The van der Waals surface area contributed by atoms with Crippen LogP contribution in [0.3, 0.4) is 0 Å². The molecule has 0 fully saturated rings. The fourth-order valence-corrected chi connectivity index (χ4v) is 1.94. The molecule has 0 saturated carbocycles. The Morgan fingerprint density at radius 2 is 1.10 bits per heavy atom. The molecule has 0 aromatic heterocycles. The molecular formula is C15H32O5S. The molecule has 0 radical (unpaired) electrons. The van der Waals surface area contributed by atoms with Crippen molar-refractivity contribution >= 4 is 16.1 Å². The first kappa shape index (κ1) is 22.7. The molecule has 2 N–H and O–H groups in total. The van der Waals surface area contributed by atoms with Gasteiger partial charge in [-0.3, -0.25) is 9.35 Å².